The molecule has 0 fully saturated rings. The summed E-state index contributed by atoms with van der Waals surface area (Å²) in [6.45, 7) is 1.48. The van der Waals surface area contributed by atoms with Crippen LogP contribution < -0.4 is 5.32 Å². The van der Waals surface area contributed by atoms with E-state index in [-0.39, 0.29) is 12.5 Å². The van der Waals surface area contributed by atoms with Crippen LogP contribution in [0.4, 0.5) is 0 Å². The van der Waals surface area contributed by atoms with Crippen molar-refractivity contribution in [2.45, 2.75) is 13.0 Å². The molecule has 1 unspecified atom stereocenters. The number of amides is 1. The first-order valence-electron chi connectivity index (χ1n) is 7.03. The van der Waals surface area contributed by atoms with Crippen LogP contribution in [0.1, 0.15) is 28.0 Å². The summed E-state index contributed by atoms with van der Waals surface area (Å²) in [4.78, 5) is 16.4. The van der Waals surface area contributed by atoms with Gasteiger partial charge < -0.3 is 19.4 Å². The van der Waals surface area contributed by atoms with Gasteiger partial charge in [0.2, 0.25) is 0 Å². The molecule has 0 aliphatic rings. The molecule has 0 saturated carbocycles. The minimum Gasteiger partial charge on any atom is -0.467 e. The molecule has 118 valence electrons. The minimum atomic E-state index is -0.587. The predicted molar refractivity (Wildman–Crippen MR) is 80.5 cm³/mol. The lowest BCUT2D eigenvalue weighted by Crippen LogP contribution is -2.30. The number of nitrogens with one attached hydrogen (secondary N) is 1. The fourth-order valence-electron chi connectivity index (χ4n) is 2.12. The van der Waals surface area contributed by atoms with Crippen LogP contribution in [0.5, 0.6) is 0 Å². The van der Waals surface area contributed by atoms with E-state index in [4.69, 9.17) is 8.94 Å². The molecule has 3 aromatic rings. The van der Waals surface area contributed by atoms with Gasteiger partial charge in [0.1, 0.15) is 11.8 Å². The lowest BCUT2D eigenvalue weighted by Gasteiger charge is -2.13. The van der Waals surface area contributed by atoms with Crippen molar-refractivity contribution >= 4 is 5.91 Å². The van der Waals surface area contributed by atoms with Crippen molar-refractivity contribution in [3.05, 3.63) is 59.8 Å². The van der Waals surface area contributed by atoms with Gasteiger partial charge in [-0.25, -0.2) is 0 Å². The maximum Gasteiger partial charge on any atom is 0.257 e. The Morgan fingerprint density at radius 3 is 2.65 bits per heavy atom. The molecule has 0 saturated heterocycles. The zero-order valence-electron chi connectivity index (χ0n) is 12.4. The second kappa shape index (κ2) is 6.45. The second-order valence-corrected chi connectivity index (χ2v) is 4.95. The lowest BCUT2D eigenvalue weighted by atomic mass is 10.1. The Bertz CT molecular complexity index is 778. The smallest absolute Gasteiger partial charge is 0.257 e. The maximum atomic E-state index is 12.2. The Morgan fingerprint density at radius 2 is 2.09 bits per heavy atom. The summed E-state index contributed by atoms with van der Waals surface area (Å²) >= 11 is 0. The van der Waals surface area contributed by atoms with Crippen molar-refractivity contribution in [2.24, 2.45) is 0 Å². The van der Waals surface area contributed by atoms with E-state index in [0.717, 1.165) is 5.56 Å². The van der Waals surface area contributed by atoms with Crippen molar-refractivity contribution in [1.82, 2.24) is 15.5 Å². The van der Waals surface area contributed by atoms with Crippen molar-refractivity contribution in [3.63, 3.8) is 0 Å². The molecular formula is C16H15N3O4. The number of aromatic nitrogens is 2. The van der Waals surface area contributed by atoms with E-state index in [9.17, 15) is 9.90 Å². The number of carbonyl (C=O) groups is 1. The third kappa shape index (κ3) is 3.29. The molecule has 2 aromatic heterocycles. The number of furan rings is 1. The van der Waals surface area contributed by atoms with Crippen LogP contribution in [0.3, 0.4) is 0 Å². The van der Waals surface area contributed by atoms with Gasteiger partial charge in [0, 0.05) is 11.1 Å². The number of hydrogen-bond acceptors (Lipinski definition) is 6. The molecular weight excluding hydrogens is 298 g/mol. The molecule has 3 rings (SSSR count). The molecule has 2 N–H and O–H groups in total. The predicted octanol–water partition coefficient (Wildman–Crippen LogP) is 2.10. The molecule has 1 atom stereocenters. The van der Waals surface area contributed by atoms with Crippen LogP contribution in [0, 0.1) is 6.92 Å². The highest BCUT2D eigenvalue weighted by molar-refractivity contribution is 5.94. The Labute approximate surface area is 131 Å². The largest absolute Gasteiger partial charge is 0.467 e. The standard InChI is InChI=1S/C16H15N3O4/c1-10-17-16(23-19-10)12-6-4-11(5-7-12)15(21)18-13(9-20)14-3-2-8-22-14/h2-8,13,20H,9H2,1H3,(H,18,21). The first-order chi connectivity index (χ1) is 11.2. The van der Waals surface area contributed by atoms with E-state index in [1.807, 2.05) is 0 Å². The monoisotopic (exact) mass is 313 g/mol. The molecule has 0 spiro atoms. The summed E-state index contributed by atoms with van der Waals surface area (Å²) in [5.41, 5.74) is 1.18. The van der Waals surface area contributed by atoms with E-state index in [1.165, 1.54) is 6.26 Å². The number of carbonyl (C=O) groups excluding carboxylic acids is 1. The zero-order valence-corrected chi connectivity index (χ0v) is 12.4. The summed E-state index contributed by atoms with van der Waals surface area (Å²) < 4.78 is 10.3. The van der Waals surface area contributed by atoms with E-state index in [1.54, 1.807) is 43.3 Å². The van der Waals surface area contributed by atoms with Crippen molar-refractivity contribution in [2.75, 3.05) is 6.61 Å². The SMILES string of the molecule is Cc1noc(-c2ccc(C(=O)NC(CO)c3ccco3)cc2)n1. The van der Waals surface area contributed by atoms with Gasteiger partial charge in [-0.1, -0.05) is 5.16 Å². The van der Waals surface area contributed by atoms with Crippen LogP contribution in [-0.2, 0) is 0 Å². The van der Waals surface area contributed by atoms with E-state index >= 15 is 0 Å². The van der Waals surface area contributed by atoms with E-state index < -0.39 is 6.04 Å². The van der Waals surface area contributed by atoms with Crippen LogP contribution >= 0.6 is 0 Å². The van der Waals surface area contributed by atoms with Crippen molar-refractivity contribution < 1.29 is 18.8 Å². The molecule has 23 heavy (non-hydrogen) atoms. The number of aryl methyl sites for hydroxylation is 1. The molecule has 1 aromatic carbocycles. The van der Waals surface area contributed by atoms with E-state index in [2.05, 4.69) is 15.5 Å². The minimum absolute atomic E-state index is 0.251. The molecule has 7 nitrogen and oxygen atoms in total. The van der Waals surface area contributed by atoms with Crippen LogP contribution in [0.2, 0.25) is 0 Å². The number of rotatable bonds is 5. The van der Waals surface area contributed by atoms with Gasteiger partial charge in [-0.05, 0) is 43.3 Å². The fourth-order valence-corrected chi connectivity index (χ4v) is 2.12. The summed E-state index contributed by atoms with van der Waals surface area (Å²) in [6, 6.07) is 9.57. The molecule has 0 aliphatic heterocycles. The average molecular weight is 313 g/mol. The number of benzene rings is 1. The Hall–Kier alpha value is -2.93. The van der Waals surface area contributed by atoms with Crippen LogP contribution in [-0.4, -0.2) is 27.8 Å². The van der Waals surface area contributed by atoms with Gasteiger partial charge in [-0.2, -0.15) is 4.98 Å². The molecule has 0 aliphatic carbocycles. The number of nitrogens with zero attached hydrogens (tertiary/aromatic N) is 2. The second-order valence-electron chi connectivity index (χ2n) is 4.95. The average Bonchev–Trinajstić information content (AvgIpc) is 3.24. The highest BCUT2D eigenvalue weighted by Gasteiger charge is 2.17. The fraction of sp³-hybridized carbons (Fsp3) is 0.188. The lowest BCUT2D eigenvalue weighted by molar-refractivity contribution is 0.0907. The Balaban J connectivity index is 1.72. The Morgan fingerprint density at radius 1 is 1.30 bits per heavy atom. The van der Waals surface area contributed by atoms with E-state index in [0.29, 0.717) is 23.0 Å². The van der Waals surface area contributed by atoms with Gasteiger partial charge in [0.05, 0.1) is 12.9 Å². The summed E-state index contributed by atoms with van der Waals surface area (Å²) in [5, 5.41) is 15.8. The van der Waals surface area contributed by atoms with Crippen LogP contribution in [0.25, 0.3) is 11.5 Å². The molecule has 1 amide bonds. The summed E-state index contributed by atoms with van der Waals surface area (Å²) in [5.74, 6) is 1.14. The quantitative estimate of drug-likeness (QED) is 0.748. The normalized spacial score (nSPS) is 12.1. The van der Waals surface area contributed by atoms with Gasteiger partial charge in [-0.15, -0.1) is 0 Å². The molecule has 0 bridgehead atoms. The first kappa shape index (κ1) is 15.0. The topological polar surface area (TPSA) is 101 Å². The molecule has 2 heterocycles. The third-order valence-corrected chi connectivity index (χ3v) is 3.30. The maximum absolute atomic E-state index is 12.2. The van der Waals surface area contributed by atoms with Gasteiger partial charge in [0.25, 0.3) is 11.8 Å². The zero-order chi connectivity index (χ0) is 16.2. The third-order valence-electron chi connectivity index (χ3n) is 3.30. The van der Waals surface area contributed by atoms with Crippen molar-refractivity contribution in [1.29, 1.82) is 0 Å². The summed E-state index contributed by atoms with van der Waals surface area (Å²) in [6.07, 6.45) is 1.49. The van der Waals surface area contributed by atoms with Gasteiger partial charge in [-0.3, -0.25) is 4.79 Å². The number of aliphatic hydroxyl groups excluding tert-OH is 1. The van der Waals surface area contributed by atoms with Gasteiger partial charge in [0.15, 0.2) is 5.82 Å². The first-order valence-corrected chi connectivity index (χ1v) is 7.03. The Kier molecular flexibility index (Phi) is 4.20. The number of hydrogen-bond donors (Lipinski definition) is 2. The number of aliphatic hydroxyl groups is 1. The van der Waals surface area contributed by atoms with Gasteiger partial charge >= 0.3 is 0 Å². The van der Waals surface area contributed by atoms with Crippen molar-refractivity contribution in [3.8, 4) is 11.5 Å². The molecule has 7 heteroatoms. The molecule has 0 radical (unpaired) electrons. The van der Waals surface area contributed by atoms with Crippen LogP contribution in [0.15, 0.2) is 51.6 Å². The summed E-state index contributed by atoms with van der Waals surface area (Å²) in [7, 11) is 0. The highest BCUT2D eigenvalue weighted by atomic mass is 16.5. The highest BCUT2D eigenvalue weighted by Crippen LogP contribution is 2.18.